The third-order valence-electron chi connectivity index (χ3n) is 3.50. The van der Waals surface area contributed by atoms with E-state index in [1.165, 1.54) is 6.07 Å². The fraction of sp³-hybridized carbons (Fsp3) is 0.467. The molecule has 1 aromatic carbocycles. The molecule has 4 heteroatoms. The summed E-state index contributed by atoms with van der Waals surface area (Å²) in [6.45, 7) is 9.75. The fourth-order valence-corrected chi connectivity index (χ4v) is 2.57. The molecule has 1 saturated heterocycles. The maximum atomic E-state index is 10.1. The van der Waals surface area contributed by atoms with Crippen LogP contribution in [0.25, 0.3) is 0 Å². The van der Waals surface area contributed by atoms with Crippen LogP contribution >= 0.6 is 0 Å². The van der Waals surface area contributed by atoms with E-state index >= 15 is 0 Å². The Morgan fingerprint density at radius 1 is 1.37 bits per heavy atom. The molecule has 4 nitrogen and oxygen atoms in total. The quantitative estimate of drug-likeness (QED) is 0.574. The second-order valence-corrected chi connectivity index (χ2v) is 5.21. The zero-order valence-electron chi connectivity index (χ0n) is 11.4. The van der Waals surface area contributed by atoms with E-state index in [0.29, 0.717) is 0 Å². The molecule has 1 aliphatic rings. The van der Waals surface area contributed by atoms with Crippen molar-refractivity contribution in [2.75, 3.05) is 26.2 Å². The molecule has 104 valence electrons. The van der Waals surface area contributed by atoms with Crippen LogP contribution in [0.1, 0.15) is 24.9 Å². The van der Waals surface area contributed by atoms with Crippen molar-refractivity contribution in [3.63, 3.8) is 0 Å². The molecule has 0 spiro atoms. The molecule has 1 heterocycles. The van der Waals surface area contributed by atoms with Crippen molar-refractivity contribution in [2.24, 2.45) is 0 Å². The van der Waals surface area contributed by atoms with Crippen LogP contribution < -0.4 is 5.32 Å². The number of hydrogen-bond donors (Lipinski definition) is 3. The normalized spacial score (nSPS) is 18.2. The van der Waals surface area contributed by atoms with Crippen molar-refractivity contribution in [3.8, 4) is 11.5 Å². The van der Waals surface area contributed by atoms with Crippen LogP contribution in [0.5, 0.6) is 11.5 Å². The minimum atomic E-state index is 0.0756. The van der Waals surface area contributed by atoms with Crippen LogP contribution in [0.4, 0.5) is 0 Å². The van der Waals surface area contributed by atoms with E-state index in [9.17, 15) is 10.2 Å². The second kappa shape index (κ2) is 6.08. The van der Waals surface area contributed by atoms with Crippen molar-refractivity contribution in [1.29, 1.82) is 0 Å². The molecule has 19 heavy (non-hydrogen) atoms. The van der Waals surface area contributed by atoms with Gasteiger partial charge in [0.25, 0.3) is 0 Å². The second-order valence-electron chi connectivity index (χ2n) is 5.21. The smallest absolute Gasteiger partial charge is 0.120 e. The van der Waals surface area contributed by atoms with Crippen molar-refractivity contribution < 1.29 is 10.2 Å². The summed E-state index contributed by atoms with van der Waals surface area (Å²) in [4.78, 5) is 2.33. The largest absolute Gasteiger partial charge is 0.508 e. The van der Waals surface area contributed by atoms with E-state index in [1.807, 2.05) is 6.92 Å². The number of nitrogens with one attached hydrogen (secondary N) is 1. The summed E-state index contributed by atoms with van der Waals surface area (Å²) in [6, 6.07) is 4.80. The number of hydrogen-bond acceptors (Lipinski definition) is 4. The standard InChI is InChI=1S/C15H22N2O2/c1-11(2)9-14(17-7-5-16-6-8-17)13-10-12(18)3-4-15(13)19/h3-4,10,14,16,18-19H,1,5-9H2,2H3/t14-/m1/s1. The van der Waals surface area contributed by atoms with Crippen LogP contribution in [0.15, 0.2) is 30.4 Å². The summed E-state index contributed by atoms with van der Waals surface area (Å²) in [7, 11) is 0. The molecule has 0 bridgehead atoms. The van der Waals surface area contributed by atoms with Crippen LogP contribution in [0, 0.1) is 0 Å². The van der Waals surface area contributed by atoms with Crippen molar-refractivity contribution in [3.05, 3.63) is 35.9 Å². The van der Waals surface area contributed by atoms with Crippen molar-refractivity contribution >= 4 is 0 Å². The van der Waals surface area contributed by atoms with Gasteiger partial charge >= 0.3 is 0 Å². The lowest BCUT2D eigenvalue weighted by molar-refractivity contribution is 0.169. The van der Waals surface area contributed by atoms with Crippen LogP contribution in [-0.4, -0.2) is 41.3 Å². The highest BCUT2D eigenvalue weighted by atomic mass is 16.3. The first-order valence-electron chi connectivity index (χ1n) is 6.69. The molecule has 0 aromatic heterocycles. The maximum Gasteiger partial charge on any atom is 0.120 e. The van der Waals surface area contributed by atoms with Crippen molar-refractivity contribution in [2.45, 2.75) is 19.4 Å². The molecular weight excluding hydrogens is 240 g/mol. The molecule has 0 unspecified atom stereocenters. The van der Waals surface area contributed by atoms with E-state index in [4.69, 9.17) is 0 Å². The lowest BCUT2D eigenvalue weighted by Crippen LogP contribution is -2.45. The van der Waals surface area contributed by atoms with E-state index in [2.05, 4.69) is 16.8 Å². The molecule has 1 aliphatic heterocycles. The van der Waals surface area contributed by atoms with Crippen LogP contribution in [0.3, 0.4) is 0 Å². The summed E-state index contributed by atoms with van der Waals surface area (Å²) < 4.78 is 0. The number of aromatic hydroxyl groups is 2. The van der Waals surface area contributed by atoms with Gasteiger partial charge in [-0.05, 0) is 31.5 Å². The topological polar surface area (TPSA) is 55.7 Å². The lowest BCUT2D eigenvalue weighted by atomic mass is 9.97. The Kier molecular flexibility index (Phi) is 4.45. The first-order chi connectivity index (χ1) is 9.08. The summed E-state index contributed by atoms with van der Waals surface area (Å²) in [5, 5.41) is 23.0. The van der Waals surface area contributed by atoms with Gasteiger partial charge in [-0.2, -0.15) is 0 Å². The van der Waals surface area contributed by atoms with Gasteiger partial charge < -0.3 is 15.5 Å². The van der Waals surface area contributed by atoms with Gasteiger partial charge in [0.05, 0.1) is 0 Å². The first kappa shape index (κ1) is 13.9. The summed E-state index contributed by atoms with van der Waals surface area (Å²) in [5.41, 5.74) is 1.86. The number of piperazine rings is 1. The average molecular weight is 262 g/mol. The van der Waals surface area contributed by atoms with E-state index in [0.717, 1.165) is 43.7 Å². The zero-order chi connectivity index (χ0) is 13.8. The van der Waals surface area contributed by atoms with Gasteiger partial charge in [0.15, 0.2) is 0 Å². The number of nitrogens with zero attached hydrogens (tertiary/aromatic N) is 1. The Hall–Kier alpha value is -1.52. The number of benzene rings is 1. The molecule has 0 radical (unpaired) electrons. The number of phenols is 2. The van der Waals surface area contributed by atoms with Gasteiger partial charge in [0, 0.05) is 37.8 Å². The van der Waals surface area contributed by atoms with Crippen molar-refractivity contribution in [1.82, 2.24) is 10.2 Å². The van der Waals surface area contributed by atoms with E-state index < -0.39 is 0 Å². The van der Waals surface area contributed by atoms with E-state index in [1.54, 1.807) is 12.1 Å². The highest BCUT2D eigenvalue weighted by molar-refractivity contribution is 5.41. The molecule has 3 N–H and O–H groups in total. The molecular formula is C15H22N2O2. The van der Waals surface area contributed by atoms with E-state index in [-0.39, 0.29) is 17.5 Å². The Balaban J connectivity index is 2.29. The Bertz CT molecular complexity index is 453. The minimum absolute atomic E-state index is 0.0756. The Morgan fingerprint density at radius 2 is 2.05 bits per heavy atom. The predicted octanol–water partition coefficient (Wildman–Crippen LogP) is 2.01. The molecule has 1 aromatic rings. The highest BCUT2D eigenvalue weighted by Crippen LogP contribution is 2.35. The summed E-state index contributed by atoms with van der Waals surface area (Å²) in [5.74, 6) is 0.428. The van der Waals surface area contributed by atoms with Gasteiger partial charge in [-0.1, -0.05) is 5.57 Å². The average Bonchev–Trinajstić information content (AvgIpc) is 2.40. The SMILES string of the molecule is C=C(C)C[C@H](c1cc(O)ccc1O)N1CCNCC1. The number of phenolic OH excluding ortho intramolecular Hbond substituents is 2. The lowest BCUT2D eigenvalue weighted by Gasteiger charge is -2.35. The monoisotopic (exact) mass is 262 g/mol. The predicted molar refractivity (Wildman–Crippen MR) is 76.4 cm³/mol. The van der Waals surface area contributed by atoms with Gasteiger partial charge in [0.2, 0.25) is 0 Å². The van der Waals surface area contributed by atoms with Crippen LogP contribution in [0.2, 0.25) is 0 Å². The Labute approximate surface area is 114 Å². The fourth-order valence-electron chi connectivity index (χ4n) is 2.57. The summed E-state index contributed by atoms with van der Waals surface area (Å²) >= 11 is 0. The maximum absolute atomic E-state index is 10.1. The molecule has 0 amide bonds. The highest BCUT2D eigenvalue weighted by Gasteiger charge is 2.24. The zero-order valence-corrected chi connectivity index (χ0v) is 11.4. The van der Waals surface area contributed by atoms with Crippen LogP contribution in [-0.2, 0) is 0 Å². The Morgan fingerprint density at radius 3 is 2.68 bits per heavy atom. The third kappa shape index (κ3) is 3.49. The molecule has 0 saturated carbocycles. The molecule has 2 rings (SSSR count). The number of rotatable bonds is 4. The first-order valence-corrected chi connectivity index (χ1v) is 6.69. The third-order valence-corrected chi connectivity index (χ3v) is 3.50. The van der Waals surface area contributed by atoms with Gasteiger partial charge in [-0.15, -0.1) is 6.58 Å². The minimum Gasteiger partial charge on any atom is -0.508 e. The van der Waals surface area contributed by atoms with Gasteiger partial charge in [0.1, 0.15) is 11.5 Å². The van der Waals surface area contributed by atoms with Gasteiger partial charge in [-0.25, -0.2) is 0 Å². The molecule has 0 aliphatic carbocycles. The summed E-state index contributed by atoms with van der Waals surface area (Å²) in [6.07, 6.45) is 0.789. The molecule has 1 fully saturated rings. The molecule has 1 atom stereocenters. The van der Waals surface area contributed by atoms with Gasteiger partial charge in [-0.3, -0.25) is 4.90 Å².